The summed E-state index contributed by atoms with van der Waals surface area (Å²) >= 11 is 0. The van der Waals surface area contributed by atoms with Gasteiger partial charge in [-0.1, -0.05) is 19.1 Å². The van der Waals surface area contributed by atoms with Crippen LogP contribution in [0.4, 0.5) is 0 Å². The lowest BCUT2D eigenvalue weighted by Gasteiger charge is -2.59. The number of hydrogen-bond acceptors (Lipinski definition) is 3. The number of fused-ring (bicyclic) bond motifs is 1. The second-order valence-electron chi connectivity index (χ2n) is 9.84. The molecule has 3 unspecified atom stereocenters. The molecule has 2 N–H and O–H groups in total. The number of furan rings is 1. The van der Waals surface area contributed by atoms with Crippen LogP contribution in [0.25, 0.3) is 22.2 Å². The quantitative estimate of drug-likeness (QED) is 0.655. The van der Waals surface area contributed by atoms with Gasteiger partial charge in [0, 0.05) is 41.2 Å². The first-order valence-corrected chi connectivity index (χ1v) is 11.2. The molecule has 3 atom stereocenters. The van der Waals surface area contributed by atoms with Crippen molar-refractivity contribution in [3.05, 3.63) is 48.4 Å². The summed E-state index contributed by atoms with van der Waals surface area (Å²) in [5, 5.41) is 12.0. The summed E-state index contributed by atoms with van der Waals surface area (Å²) in [5.41, 5.74) is 2.77. The molecule has 30 heavy (non-hydrogen) atoms. The van der Waals surface area contributed by atoms with Crippen molar-refractivity contribution >= 4 is 16.8 Å². The first-order chi connectivity index (χ1) is 14.5. The molecule has 3 aromatic rings. The molecular formula is C25H28N2O3. The van der Waals surface area contributed by atoms with Crippen molar-refractivity contribution in [2.75, 3.05) is 0 Å². The maximum Gasteiger partial charge on any atom is 0.223 e. The van der Waals surface area contributed by atoms with E-state index in [0.717, 1.165) is 59.9 Å². The minimum atomic E-state index is -0.520. The number of rotatable bonds is 4. The van der Waals surface area contributed by atoms with Crippen molar-refractivity contribution < 1.29 is 14.3 Å². The first kappa shape index (κ1) is 18.3. The van der Waals surface area contributed by atoms with E-state index in [-0.39, 0.29) is 23.9 Å². The van der Waals surface area contributed by atoms with Gasteiger partial charge in [-0.2, -0.15) is 0 Å². The number of nitrogens with zero attached hydrogens (tertiary/aromatic N) is 1. The van der Waals surface area contributed by atoms with Crippen molar-refractivity contribution in [3.63, 3.8) is 0 Å². The van der Waals surface area contributed by atoms with Crippen LogP contribution in [0.2, 0.25) is 0 Å². The molecule has 4 fully saturated rings. The summed E-state index contributed by atoms with van der Waals surface area (Å²) in [4.78, 5) is 18.9. The number of hydrogen-bond donors (Lipinski definition) is 2. The number of aromatic nitrogens is 1. The first-order valence-electron chi connectivity index (χ1n) is 11.2. The second-order valence-corrected chi connectivity index (χ2v) is 9.84. The summed E-state index contributed by atoms with van der Waals surface area (Å²) in [6.45, 7) is 2.14. The number of nitrogens with one attached hydrogen (secondary N) is 1. The summed E-state index contributed by atoms with van der Waals surface area (Å²) in [5.74, 6) is 1.78. The Morgan fingerprint density at radius 2 is 2.03 bits per heavy atom. The van der Waals surface area contributed by atoms with Gasteiger partial charge in [0.05, 0.1) is 11.9 Å². The van der Waals surface area contributed by atoms with Crippen molar-refractivity contribution in [2.45, 2.75) is 69.1 Å². The summed E-state index contributed by atoms with van der Waals surface area (Å²) < 4.78 is 5.67. The molecule has 2 aliphatic carbocycles. The van der Waals surface area contributed by atoms with Gasteiger partial charge in [0.25, 0.3) is 0 Å². The van der Waals surface area contributed by atoms with Gasteiger partial charge in [0.2, 0.25) is 5.91 Å². The minimum absolute atomic E-state index is 0.0997. The van der Waals surface area contributed by atoms with Gasteiger partial charge in [-0.3, -0.25) is 4.79 Å². The van der Waals surface area contributed by atoms with Crippen LogP contribution in [0.1, 0.15) is 56.9 Å². The van der Waals surface area contributed by atoms with E-state index in [1.54, 1.807) is 6.26 Å². The topological polar surface area (TPSA) is 69.5 Å². The number of aromatic amines is 1. The van der Waals surface area contributed by atoms with Gasteiger partial charge in [-0.05, 0) is 67.7 Å². The second kappa shape index (κ2) is 6.48. The van der Waals surface area contributed by atoms with Crippen molar-refractivity contribution in [3.8, 4) is 11.3 Å². The van der Waals surface area contributed by atoms with Gasteiger partial charge in [-0.25, -0.2) is 0 Å². The molecule has 4 heterocycles. The molecule has 7 rings (SSSR count). The summed E-state index contributed by atoms with van der Waals surface area (Å²) in [7, 11) is 0. The van der Waals surface area contributed by atoms with Gasteiger partial charge in [-0.15, -0.1) is 0 Å². The number of carbonyl (C=O) groups excluding carboxylic acids is 1. The summed E-state index contributed by atoms with van der Waals surface area (Å²) in [6.07, 6.45) is 8.82. The predicted octanol–water partition coefficient (Wildman–Crippen LogP) is 4.83. The van der Waals surface area contributed by atoms with Crippen LogP contribution in [-0.4, -0.2) is 38.6 Å². The van der Waals surface area contributed by atoms with Crippen LogP contribution in [0.3, 0.4) is 0 Å². The van der Waals surface area contributed by atoms with Gasteiger partial charge >= 0.3 is 0 Å². The Morgan fingerprint density at radius 1 is 1.23 bits per heavy atom. The Kier molecular flexibility index (Phi) is 3.94. The van der Waals surface area contributed by atoms with Crippen LogP contribution in [0, 0.1) is 5.92 Å². The molecule has 2 aliphatic heterocycles. The maximum absolute atomic E-state index is 13.4. The normalized spacial score (nSPS) is 30.9. The zero-order valence-electron chi connectivity index (χ0n) is 17.3. The maximum atomic E-state index is 13.4. The van der Waals surface area contributed by atoms with Crippen LogP contribution >= 0.6 is 0 Å². The third kappa shape index (κ3) is 2.75. The average molecular weight is 405 g/mol. The third-order valence-corrected chi connectivity index (χ3v) is 7.72. The smallest absolute Gasteiger partial charge is 0.223 e. The van der Waals surface area contributed by atoms with Crippen LogP contribution in [0.5, 0.6) is 0 Å². The Morgan fingerprint density at radius 3 is 2.73 bits per heavy atom. The van der Waals surface area contributed by atoms with Crippen LogP contribution in [0.15, 0.2) is 47.2 Å². The zero-order valence-corrected chi connectivity index (χ0v) is 17.3. The zero-order chi connectivity index (χ0) is 20.5. The molecule has 2 saturated heterocycles. The fourth-order valence-electron chi connectivity index (χ4n) is 6.71. The number of aliphatic hydroxyl groups is 1. The van der Waals surface area contributed by atoms with E-state index in [1.807, 2.05) is 24.4 Å². The molecule has 0 spiro atoms. The highest BCUT2D eigenvalue weighted by Crippen LogP contribution is 2.51. The van der Waals surface area contributed by atoms with Crippen LogP contribution in [-0.2, 0) is 4.79 Å². The highest BCUT2D eigenvalue weighted by molar-refractivity contribution is 5.97. The molecule has 1 amide bonds. The predicted molar refractivity (Wildman–Crippen MR) is 115 cm³/mol. The molecule has 4 aliphatic rings. The molecule has 1 aromatic carbocycles. The molecule has 156 valence electrons. The molecule has 5 heteroatoms. The van der Waals surface area contributed by atoms with Crippen molar-refractivity contribution in [1.29, 1.82) is 0 Å². The highest BCUT2D eigenvalue weighted by Gasteiger charge is 2.54. The number of carbonyl (C=O) groups is 1. The number of H-pyrrole nitrogens is 1. The Bertz CT molecular complexity index is 1080. The van der Waals surface area contributed by atoms with Crippen LogP contribution < -0.4 is 0 Å². The van der Waals surface area contributed by atoms with Crippen molar-refractivity contribution in [2.24, 2.45) is 5.92 Å². The minimum Gasteiger partial charge on any atom is -0.464 e. The Labute approximate surface area is 176 Å². The van der Waals surface area contributed by atoms with E-state index in [0.29, 0.717) is 12.3 Å². The number of amides is 1. The average Bonchev–Trinajstić information content (AvgIpc) is 3.36. The number of piperidine rings is 2. The fourth-order valence-corrected chi connectivity index (χ4v) is 6.71. The van der Waals surface area contributed by atoms with Crippen molar-refractivity contribution in [1.82, 2.24) is 9.88 Å². The largest absolute Gasteiger partial charge is 0.464 e. The molecule has 2 aromatic heterocycles. The molecule has 5 nitrogen and oxygen atoms in total. The molecule has 2 saturated carbocycles. The van der Waals surface area contributed by atoms with E-state index in [9.17, 15) is 9.90 Å². The van der Waals surface area contributed by atoms with E-state index in [4.69, 9.17) is 4.42 Å². The summed E-state index contributed by atoms with van der Waals surface area (Å²) in [6, 6.07) is 10.5. The fraction of sp³-hybridized carbons (Fsp3) is 0.480. The lowest BCUT2D eigenvalue weighted by Crippen LogP contribution is -2.65. The van der Waals surface area contributed by atoms with E-state index >= 15 is 0 Å². The standard InChI is InChI=1S/C25H28N2O3/c1-15(8-23(28)27-17-9-16-10-18(27)13-25(29,11-16)12-17)20-14-26-21-5-2-4-19(24(20)21)22-6-3-7-30-22/h2-7,14-18,26,29H,8-13H2,1H3. The SMILES string of the molecule is CC(CC(=O)N1C2CC3CC1CC(O)(C3)C2)c1c[nH]c2cccc(-c3ccco3)c12. The monoisotopic (exact) mass is 404 g/mol. The van der Waals surface area contributed by atoms with E-state index in [1.165, 1.54) is 0 Å². The van der Waals surface area contributed by atoms with Gasteiger partial charge in [0.1, 0.15) is 5.76 Å². The Balaban J connectivity index is 1.28. The molecule has 0 radical (unpaired) electrons. The number of benzene rings is 1. The lowest BCUT2D eigenvalue weighted by atomic mass is 9.61. The Hall–Kier alpha value is -2.53. The van der Waals surface area contributed by atoms with E-state index < -0.39 is 5.60 Å². The third-order valence-electron chi connectivity index (χ3n) is 7.72. The lowest BCUT2D eigenvalue weighted by molar-refractivity contribution is -0.174. The van der Waals surface area contributed by atoms with Gasteiger partial charge in [0.15, 0.2) is 0 Å². The van der Waals surface area contributed by atoms with E-state index in [2.05, 4.69) is 28.9 Å². The molecular weight excluding hydrogens is 376 g/mol. The molecule has 4 bridgehead atoms. The highest BCUT2D eigenvalue weighted by atomic mass is 16.3. The van der Waals surface area contributed by atoms with Gasteiger partial charge < -0.3 is 19.4 Å².